The van der Waals surface area contributed by atoms with Crippen LogP contribution in [0.2, 0.25) is 5.02 Å². The average molecular weight is 428 g/mol. The quantitative estimate of drug-likeness (QED) is 0.579. The van der Waals surface area contributed by atoms with Crippen molar-refractivity contribution in [1.82, 2.24) is 4.98 Å². The summed E-state index contributed by atoms with van der Waals surface area (Å²) in [5, 5.41) is 13.6. The van der Waals surface area contributed by atoms with Crippen LogP contribution in [-0.2, 0) is 11.2 Å². The Balaban J connectivity index is 0.000000222. The van der Waals surface area contributed by atoms with Gasteiger partial charge in [0, 0.05) is 23.2 Å². The first-order valence-electron chi connectivity index (χ1n) is 9.04. The number of nitrogen functional groups attached to an aromatic ring is 2. The molecule has 156 valence electrons. The molecule has 2 aromatic carbocycles. The predicted molar refractivity (Wildman–Crippen MR) is 115 cm³/mol. The van der Waals surface area contributed by atoms with Crippen molar-refractivity contribution in [1.29, 1.82) is 0 Å². The summed E-state index contributed by atoms with van der Waals surface area (Å²) in [6.45, 7) is 3.33. The first-order valence-corrected chi connectivity index (χ1v) is 9.41. The maximum Gasteiger partial charge on any atom is 0.342 e. The molecule has 6 N–H and O–H groups in total. The number of nitrogens with one attached hydrogen (secondary N) is 2. The number of H-pyrrole nitrogens is 1. The maximum absolute atomic E-state index is 10.7. The number of amides is 1. The van der Waals surface area contributed by atoms with E-state index in [2.05, 4.69) is 15.3 Å². The Morgan fingerprint density at radius 1 is 1.13 bits per heavy atom. The second kappa shape index (κ2) is 10.2. The van der Waals surface area contributed by atoms with E-state index in [4.69, 9.17) is 23.1 Å². The van der Waals surface area contributed by atoms with Crippen molar-refractivity contribution in [2.24, 2.45) is 0 Å². The van der Waals surface area contributed by atoms with E-state index in [9.17, 15) is 14.7 Å². The summed E-state index contributed by atoms with van der Waals surface area (Å²) in [5.41, 5.74) is 14.6. The number of anilines is 3. The van der Waals surface area contributed by atoms with Gasteiger partial charge in [-0.25, -0.2) is 4.98 Å². The molecule has 0 fully saturated rings. The second-order valence-electron chi connectivity index (χ2n) is 6.23. The highest BCUT2D eigenvalue weighted by atomic mass is 35.5. The zero-order valence-electron chi connectivity index (χ0n) is 16.5. The van der Waals surface area contributed by atoms with Crippen molar-refractivity contribution in [2.75, 3.05) is 16.8 Å². The number of rotatable bonds is 4. The van der Waals surface area contributed by atoms with Crippen LogP contribution in [0.25, 0.3) is 11.1 Å². The molecule has 0 saturated heterocycles. The van der Waals surface area contributed by atoms with Crippen LogP contribution in [0.1, 0.15) is 29.9 Å². The first-order chi connectivity index (χ1) is 14.2. The molecule has 0 aliphatic rings. The fourth-order valence-corrected chi connectivity index (χ4v) is 2.87. The topological polar surface area (TPSA) is 148 Å². The number of carbonyl (C=O) groups excluding carboxylic acids is 2. The SMILES string of the molecule is CC(=O)Nc1ccccc1C(=O)[O-].CCc1nc(N)[nH+]c(N)c1-c1ccc(Cl)cc1. The number of aryl methyl sites for hydroxylation is 1. The number of halogens is 1. The van der Waals surface area contributed by atoms with Gasteiger partial charge in [0.15, 0.2) is 0 Å². The number of carbonyl (C=O) groups is 2. The van der Waals surface area contributed by atoms with E-state index in [0.29, 0.717) is 16.8 Å². The van der Waals surface area contributed by atoms with Gasteiger partial charge in [0.05, 0.1) is 11.5 Å². The molecule has 0 saturated carbocycles. The predicted octanol–water partition coefficient (Wildman–Crippen LogP) is 1.95. The first kappa shape index (κ1) is 22.6. The Bertz CT molecular complexity index is 1060. The molecule has 9 heteroatoms. The Morgan fingerprint density at radius 2 is 1.77 bits per heavy atom. The molecule has 0 aliphatic carbocycles. The minimum absolute atomic E-state index is 0.0160. The number of hydrogen-bond donors (Lipinski definition) is 3. The van der Waals surface area contributed by atoms with Crippen molar-refractivity contribution in [2.45, 2.75) is 20.3 Å². The minimum atomic E-state index is -1.30. The van der Waals surface area contributed by atoms with Crippen molar-refractivity contribution >= 4 is 40.9 Å². The smallest absolute Gasteiger partial charge is 0.342 e. The van der Waals surface area contributed by atoms with Gasteiger partial charge in [-0.1, -0.05) is 48.9 Å². The lowest BCUT2D eigenvalue weighted by Gasteiger charge is -2.09. The summed E-state index contributed by atoms with van der Waals surface area (Å²) < 4.78 is 0. The van der Waals surface area contributed by atoms with Crippen LogP contribution in [0.5, 0.6) is 0 Å². The third-order valence-electron chi connectivity index (χ3n) is 4.00. The Hall–Kier alpha value is -3.65. The van der Waals surface area contributed by atoms with Gasteiger partial charge < -0.3 is 26.7 Å². The van der Waals surface area contributed by atoms with Crippen LogP contribution >= 0.6 is 11.6 Å². The van der Waals surface area contributed by atoms with Gasteiger partial charge in [-0.15, -0.1) is 4.98 Å². The van der Waals surface area contributed by atoms with Crippen molar-refractivity contribution in [3.63, 3.8) is 0 Å². The minimum Gasteiger partial charge on any atom is -0.545 e. The van der Waals surface area contributed by atoms with E-state index in [1.54, 1.807) is 12.1 Å². The fraction of sp³-hybridized carbons (Fsp3) is 0.143. The van der Waals surface area contributed by atoms with Gasteiger partial charge in [0.2, 0.25) is 11.7 Å². The Morgan fingerprint density at radius 3 is 2.33 bits per heavy atom. The number of aromatic carboxylic acids is 1. The number of aromatic nitrogens is 2. The summed E-state index contributed by atoms with van der Waals surface area (Å²) >= 11 is 5.86. The lowest BCUT2D eigenvalue weighted by atomic mass is 10.0. The molecule has 1 heterocycles. The summed E-state index contributed by atoms with van der Waals surface area (Å²) in [6, 6.07) is 13.6. The highest BCUT2D eigenvalue weighted by Crippen LogP contribution is 2.27. The third-order valence-corrected chi connectivity index (χ3v) is 4.25. The molecule has 30 heavy (non-hydrogen) atoms. The standard InChI is InChI=1S/C12H13ClN4.C9H9NO3/c1-2-9-10(11(14)17-12(15)16-9)7-3-5-8(13)6-4-7;1-6(11)10-8-5-3-2-4-7(8)9(12)13/h3-6H,2H2,1H3,(H4,14,15,16,17);2-5H,1H3,(H,10,11)(H,12,13). The molecule has 8 nitrogen and oxygen atoms in total. The number of hydrogen-bond acceptors (Lipinski definition) is 6. The van der Waals surface area contributed by atoms with E-state index in [-0.39, 0.29) is 17.2 Å². The van der Waals surface area contributed by atoms with Crippen LogP contribution in [0, 0.1) is 0 Å². The average Bonchev–Trinajstić information content (AvgIpc) is 2.68. The molecule has 0 unspecified atom stereocenters. The molecule has 3 aromatic rings. The number of carboxylic acids is 1. The van der Waals surface area contributed by atoms with E-state index in [1.165, 1.54) is 19.1 Å². The van der Waals surface area contributed by atoms with Gasteiger partial charge in [0.1, 0.15) is 5.69 Å². The number of para-hydroxylation sites is 1. The van der Waals surface area contributed by atoms with E-state index in [0.717, 1.165) is 23.2 Å². The molecule has 0 spiro atoms. The molecule has 1 amide bonds. The molecule has 0 atom stereocenters. The fourth-order valence-electron chi connectivity index (χ4n) is 2.74. The van der Waals surface area contributed by atoms with E-state index in [1.807, 2.05) is 31.2 Å². The number of aromatic amines is 1. The molecule has 3 rings (SSSR count). The zero-order chi connectivity index (χ0) is 22.3. The van der Waals surface area contributed by atoms with Crippen molar-refractivity contribution in [3.05, 3.63) is 64.8 Å². The molecule has 0 radical (unpaired) electrons. The number of carboxylic acid groups (broad SMARTS) is 1. The van der Waals surface area contributed by atoms with Gasteiger partial charge in [0.25, 0.3) is 0 Å². The Labute approximate surface area is 178 Å². The van der Waals surface area contributed by atoms with Crippen molar-refractivity contribution in [3.8, 4) is 11.1 Å². The van der Waals surface area contributed by atoms with Crippen LogP contribution in [0.4, 0.5) is 17.5 Å². The van der Waals surface area contributed by atoms with Crippen LogP contribution in [0.3, 0.4) is 0 Å². The van der Waals surface area contributed by atoms with Gasteiger partial charge >= 0.3 is 5.95 Å². The van der Waals surface area contributed by atoms with Gasteiger partial charge in [-0.2, -0.15) is 0 Å². The molecule has 0 aliphatic heterocycles. The maximum atomic E-state index is 10.7. The van der Waals surface area contributed by atoms with Crippen molar-refractivity contribution < 1.29 is 19.7 Å². The van der Waals surface area contributed by atoms with E-state index >= 15 is 0 Å². The number of nitrogens with zero attached hydrogens (tertiary/aromatic N) is 1. The van der Waals surface area contributed by atoms with Crippen LogP contribution < -0.4 is 26.9 Å². The van der Waals surface area contributed by atoms with E-state index < -0.39 is 5.97 Å². The Kier molecular flexibility index (Phi) is 7.71. The third kappa shape index (κ3) is 5.92. The molecular weight excluding hydrogens is 406 g/mol. The molecule has 0 bridgehead atoms. The normalized spacial score (nSPS) is 9.97. The largest absolute Gasteiger partial charge is 0.545 e. The lowest BCUT2D eigenvalue weighted by Crippen LogP contribution is -2.24. The summed E-state index contributed by atoms with van der Waals surface area (Å²) in [6.07, 6.45) is 0.765. The summed E-state index contributed by atoms with van der Waals surface area (Å²) in [7, 11) is 0. The number of benzene rings is 2. The van der Waals surface area contributed by atoms with Gasteiger partial charge in [-0.3, -0.25) is 4.79 Å². The summed E-state index contributed by atoms with van der Waals surface area (Å²) in [5.74, 6) is -0.758. The highest BCUT2D eigenvalue weighted by molar-refractivity contribution is 6.30. The second-order valence-corrected chi connectivity index (χ2v) is 6.67. The number of nitrogens with two attached hydrogens (primary N) is 2. The lowest BCUT2D eigenvalue weighted by molar-refractivity contribution is -0.346. The van der Waals surface area contributed by atoms with Crippen LogP contribution in [0.15, 0.2) is 48.5 Å². The molecule has 1 aromatic heterocycles. The van der Waals surface area contributed by atoms with Gasteiger partial charge in [-0.05, 0) is 30.2 Å². The molecular formula is C21H22ClN5O3. The summed E-state index contributed by atoms with van der Waals surface area (Å²) in [4.78, 5) is 28.3. The van der Waals surface area contributed by atoms with Crippen LogP contribution in [-0.4, -0.2) is 16.9 Å². The monoisotopic (exact) mass is 427 g/mol. The highest BCUT2D eigenvalue weighted by Gasteiger charge is 2.15. The zero-order valence-corrected chi connectivity index (χ0v) is 17.3.